The van der Waals surface area contributed by atoms with E-state index in [1.165, 1.54) is 5.69 Å². The quantitative estimate of drug-likeness (QED) is 0.785. The molecule has 0 amide bonds. The summed E-state index contributed by atoms with van der Waals surface area (Å²) in [5, 5.41) is 12.9. The first-order valence-electron chi connectivity index (χ1n) is 7.91. The van der Waals surface area contributed by atoms with Crippen molar-refractivity contribution in [3.63, 3.8) is 0 Å². The second-order valence-electron chi connectivity index (χ2n) is 5.83. The van der Waals surface area contributed by atoms with Gasteiger partial charge in [-0.1, -0.05) is 5.21 Å². The maximum atomic E-state index is 5.36. The van der Waals surface area contributed by atoms with E-state index in [9.17, 15) is 0 Å². The lowest BCUT2D eigenvalue weighted by Gasteiger charge is -2.25. The molecule has 7 nitrogen and oxygen atoms in total. The summed E-state index contributed by atoms with van der Waals surface area (Å²) in [5.41, 5.74) is 3.30. The molecule has 1 saturated heterocycles. The molecular weight excluding hydrogens is 280 g/mol. The first kappa shape index (κ1) is 15.2. The van der Waals surface area contributed by atoms with Crippen LogP contribution in [0.5, 0.6) is 0 Å². The standard InChI is InChI=1S/C15H24N6O/c1-13-11-14(2)21(17-13)6-5-20-12-15(16-18-20)3-4-19-7-9-22-10-8-19/h11-12H,3-10H2,1-2H3. The van der Waals surface area contributed by atoms with E-state index >= 15 is 0 Å². The molecule has 3 heterocycles. The molecule has 7 heteroatoms. The zero-order valence-electron chi connectivity index (χ0n) is 13.4. The van der Waals surface area contributed by atoms with Crippen LogP contribution in [0.4, 0.5) is 0 Å². The number of ether oxygens (including phenoxy) is 1. The molecule has 3 rings (SSSR count). The van der Waals surface area contributed by atoms with Gasteiger partial charge in [0.1, 0.15) is 0 Å². The normalized spacial score (nSPS) is 16.3. The Hall–Kier alpha value is -1.73. The van der Waals surface area contributed by atoms with Crippen molar-refractivity contribution < 1.29 is 4.74 Å². The lowest BCUT2D eigenvalue weighted by molar-refractivity contribution is 0.0383. The zero-order valence-corrected chi connectivity index (χ0v) is 13.4. The van der Waals surface area contributed by atoms with E-state index in [4.69, 9.17) is 4.74 Å². The van der Waals surface area contributed by atoms with Gasteiger partial charge in [-0.05, 0) is 19.9 Å². The van der Waals surface area contributed by atoms with Crippen molar-refractivity contribution in [2.45, 2.75) is 33.4 Å². The van der Waals surface area contributed by atoms with E-state index in [0.29, 0.717) is 0 Å². The summed E-state index contributed by atoms with van der Waals surface area (Å²) in [6.07, 6.45) is 2.99. The van der Waals surface area contributed by atoms with Gasteiger partial charge in [-0.3, -0.25) is 14.3 Å². The van der Waals surface area contributed by atoms with Gasteiger partial charge in [0.05, 0.1) is 37.7 Å². The summed E-state index contributed by atoms with van der Waals surface area (Å²) in [6.45, 7) is 10.5. The van der Waals surface area contributed by atoms with Gasteiger partial charge in [0.2, 0.25) is 0 Å². The molecule has 2 aromatic rings. The van der Waals surface area contributed by atoms with Crippen LogP contribution in [0.3, 0.4) is 0 Å². The van der Waals surface area contributed by atoms with Crippen LogP contribution in [0.1, 0.15) is 17.1 Å². The van der Waals surface area contributed by atoms with Gasteiger partial charge in [-0.25, -0.2) is 0 Å². The number of hydrogen-bond donors (Lipinski definition) is 0. The molecule has 2 aromatic heterocycles. The van der Waals surface area contributed by atoms with Crippen LogP contribution in [-0.4, -0.2) is 62.5 Å². The third-order valence-corrected chi connectivity index (χ3v) is 4.02. The predicted octanol–water partition coefficient (Wildman–Crippen LogP) is 0.666. The number of rotatable bonds is 6. The summed E-state index contributed by atoms with van der Waals surface area (Å²) >= 11 is 0. The van der Waals surface area contributed by atoms with Gasteiger partial charge in [0.15, 0.2) is 0 Å². The number of nitrogens with zero attached hydrogens (tertiary/aromatic N) is 6. The predicted molar refractivity (Wildman–Crippen MR) is 82.7 cm³/mol. The van der Waals surface area contributed by atoms with E-state index < -0.39 is 0 Å². The highest BCUT2D eigenvalue weighted by atomic mass is 16.5. The van der Waals surface area contributed by atoms with E-state index in [1.54, 1.807) is 0 Å². The van der Waals surface area contributed by atoms with Gasteiger partial charge in [-0.15, -0.1) is 5.10 Å². The van der Waals surface area contributed by atoms with Crippen LogP contribution in [0.2, 0.25) is 0 Å². The van der Waals surface area contributed by atoms with Crippen molar-refractivity contribution in [2.24, 2.45) is 0 Å². The fraction of sp³-hybridized carbons (Fsp3) is 0.667. The van der Waals surface area contributed by atoms with Crippen LogP contribution in [0.15, 0.2) is 12.3 Å². The summed E-state index contributed by atoms with van der Waals surface area (Å²) in [4.78, 5) is 2.42. The molecule has 0 radical (unpaired) electrons. The Balaban J connectivity index is 1.47. The van der Waals surface area contributed by atoms with Gasteiger partial charge < -0.3 is 4.74 Å². The number of hydrogen-bond acceptors (Lipinski definition) is 5. The molecule has 0 saturated carbocycles. The Kier molecular flexibility index (Phi) is 4.84. The van der Waals surface area contributed by atoms with Crippen LogP contribution in [-0.2, 0) is 24.2 Å². The van der Waals surface area contributed by atoms with Crippen molar-refractivity contribution in [1.29, 1.82) is 0 Å². The Labute approximate surface area is 130 Å². The maximum Gasteiger partial charge on any atom is 0.0839 e. The molecule has 120 valence electrons. The SMILES string of the molecule is Cc1cc(C)n(CCn2cc(CCN3CCOCC3)nn2)n1. The lowest BCUT2D eigenvalue weighted by Crippen LogP contribution is -2.37. The molecule has 0 unspecified atom stereocenters. The van der Waals surface area contributed by atoms with Crippen molar-refractivity contribution in [2.75, 3.05) is 32.8 Å². The molecule has 0 bridgehead atoms. The number of aryl methyl sites for hydroxylation is 4. The first-order chi connectivity index (χ1) is 10.7. The minimum Gasteiger partial charge on any atom is -0.379 e. The largest absolute Gasteiger partial charge is 0.379 e. The minimum atomic E-state index is 0.798. The minimum absolute atomic E-state index is 0.798. The molecular formula is C15H24N6O. The Morgan fingerprint density at radius 3 is 2.68 bits per heavy atom. The van der Waals surface area contributed by atoms with Crippen LogP contribution < -0.4 is 0 Å². The van der Waals surface area contributed by atoms with Crippen molar-refractivity contribution in [1.82, 2.24) is 29.7 Å². The Bertz CT molecular complexity index is 599. The van der Waals surface area contributed by atoms with E-state index in [1.807, 2.05) is 22.5 Å². The van der Waals surface area contributed by atoms with Crippen molar-refractivity contribution >= 4 is 0 Å². The van der Waals surface area contributed by atoms with Crippen LogP contribution >= 0.6 is 0 Å². The van der Waals surface area contributed by atoms with Crippen LogP contribution in [0, 0.1) is 13.8 Å². The average molecular weight is 304 g/mol. The number of aromatic nitrogens is 5. The van der Waals surface area contributed by atoms with Crippen LogP contribution in [0.25, 0.3) is 0 Å². The van der Waals surface area contributed by atoms with Gasteiger partial charge >= 0.3 is 0 Å². The summed E-state index contributed by atoms with van der Waals surface area (Å²) < 4.78 is 9.29. The Morgan fingerprint density at radius 2 is 1.95 bits per heavy atom. The summed E-state index contributed by atoms with van der Waals surface area (Å²) in [6, 6.07) is 2.09. The molecule has 0 aromatic carbocycles. The Morgan fingerprint density at radius 1 is 1.14 bits per heavy atom. The third-order valence-electron chi connectivity index (χ3n) is 4.02. The molecule has 0 spiro atoms. The molecule has 1 aliphatic heterocycles. The highest BCUT2D eigenvalue weighted by Crippen LogP contribution is 2.04. The molecule has 1 aliphatic rings. The fourth-order valence-electron chi connectivity index (χ4n) is 2.76. The zero-order chi connectivity index (χ0) is 15.4. The summed E-state index contributed by atoms with van der Waals surface area (Å²) in [5.74, 6) is 0. The average Bonchev–Trinajstić information content (AvgIpc) is 3.10. The van der Waals surface area contributed by atoms with Gasteiger partial charge in [0, 0.05) is 37.9 Å². The lowest BCUT2D eigenvalue weighted by atomic mass is 10.3. The highest BCUT2D eigenvalue weighted by Gasteiger charge is 2.11. The monoisotopic (exact) mass is 304 g/mol. The topological polar surface area (TPSA) is 61.0 Å². The third kappa shape index (κ3) is 3.92. The maximum absolute atomic E-state index is 5.36. The second-order valence-corrected chi connectivity index (χ2v) is 5.83. The second kappa shape index (κ2) is 7.02. The molecule has 0 aliphatic carbocycles. The molecule has 0 N–H and O–H groups in total. The van der Waals surface area contributed by atoms with E-state index in [0.717, 1.165) is 63.7 Å². The van der Waals surface area contributed by atoms with Crippen molar-refractivity contribution in [3.05, 3.63) is 29.3 Å². The molecule has 22 heavy (non-hydrogen) atoms. The smallest absolute Gasteiger partial charge is 0.0839 e. The fourth-order valence-corrected chi connectivity index (χ4v) is 2.76. The molecule has 0 atom stereocenters. The van der Waals surface area contributed by atoms with Gasteiger partial charge in [-0.2, -0.15) is 5.10 Å². The highest BCUT2D eigenvalue weighted by molar-refractivity contribution is 5.06. The van der Waals surface area contributed by atoms with Crippen molar-refractivity contribution in [3.8, 4) is 0 Å². The summed E-state index contributed by atoms with van der Waals surface area (Å²) in [7, 11) is 0. The molecule has 1 fully saturated rings. The van der Waals surface area contributed by atoms with Gasteiger partial charge in [0.25, 0.3) is 0 Å². The first-order valence-corrected chi connectivity index (χ1v) is 7.91. The number of morpholine rings is 1. The van der Waals surface area contributed by atoms with E-state index in [2.05, 4.69) is 33.3 Å². The van der Waals surface area contributed by atoms with E-state index in [-0.39, 0.29) is 0 Å².